The minimum Gasteiger partial charge on any atom is -0.356 e. The van der Waals surface area contributed by atoms with Gasteiger partial charge in [0.2, 0.25) is 0 Å². The Morgan fingerprint density at radius 3 is 3.07 bits per heavy atom. The summed E-state index contributed by atoms with van der Waals surface area (Å²) in [6.45, 7) is 0. The molecular weight excluding hydrogens is 176 g/mol. The molecule has 1 heterocycles. The van der Waals surface area contributed by atoms with E-state index >= 15 is 0 Å². The van der Waals surface area contributed by atoms with E-state index in [9.17, 15) is 0 Å². The normalized spacial score (nSPS) is 18.6. The van der Waals surface area contributed by atoms with Crippen molar-refractivity contribution >= 4 is 11.0 Å². The Labute approximate surface area is 81.9 Å². The van der Waals surface area contributed by atoms with Crippen LogP contribution in [0.5, 0.6) is 0 Å². The summed E-state index contributed by atoms with van der Waals surface area (Å²) < 4.78 is 5.10. The summed E-state index contributed by atoms with van der Waals surface area (Å²) in [5, 5.41) is 4.90. The third-order valence-electron chi connectivity index (χ3n) is 2.92. The fourth-order valence-corrected chi connectivity index (χ4v) is 1.82. The summed E-state index contributed by atoms with van der Waals surface area (Å²) in [7, 11) is 0. The highest BCUT2D eigenvalue weighted by atomic mass is 16.5. The van der Waals surface area contributed by atoms with Crippen molar-refractivity contribution in [3.63, 3.8) is 0 Å². The van der Waals surface area contributed by atoms with Crippen LogP contribution in [-0.4, -0.2) is 10.7 Å². The molecule has 0 radical (unpaired) electrons. The van der Waals surface area contributed by atoms with Crippen LogP contribution in [0, 0.1) is 0 Å². The van der Waals surface area contributed by atoms with Crippen molar-refractivity contribution in [1.29, 1.82) is 0 Å². The summed E-state index contributed by atoms with van der Waals surface area (Å²) >= 11 is 0. The first-order valence-corrected chi connectivity index (χ1v) is 4.88. The van der Waals surface area contributed by atoms with Gasteiger partial charge >= 0.3 is 0 Å². The van der Waals surface area contributed by atoms with E-state index in [2.05, 4.69) is 11.2 Å². The largest absolute Gasteiger partial charge is 0.356 e. The molecule has 3 heteroatoms. The maximum Gasteiger partial charge on any atom is 0.167 e. The molecule has 1 fully saturated rings. The summed E-state index contributed by atoms with van der Waals surface area (Å²) in [6.07, 6.45) is 4.98. The highest BCUT2D eigenvalue weighted by Gasteiger charge is 2.38. The third-order valence-corrected chi connectivity index (χ3v) is 2.92. The van der Waals surface area contributed by atoms with Crippen molar-refractivity contribution in [2.24, 2.45) is 5.73 Å². The minimum absolute atomic E-state index is 0.0472. The van der Waals surface area contributed by atoms with Crippen LogP contribution in [0.3, 0.4) is 0 Å². The molecule has 0 bridgehead atoms. The number of fused-ring (bicyclic) bond motifs is 1. The number of nitrogens with two attached hydrogens (primary N) is 1. The molecule has 0 spiro atoms. The Morgan fingerprint density at radius 1 is 1.43 bits per heavy atom. The van der Waals surface area contributed by atoms with Gasteiger partial charge in [-0.05, 0) is 30.9 Å². The van der Waals surface area contributed by atoms with Gasteiger partial charge in [0.25, 0.3) is 0 Å². The summed E-state index contributed by atoms with van der Waals surface area (Å²) in [6, 6.07) is 6.03. The molecule has 0 unspecified atom stereocenters. The standard InChI is InChI=1S/C11H12N2O/c12-11(4-5-11)6-8-2-1-3-10-9(8)7-13-14-10/h1-3,7H,4-6,12H2. The van der Waals surface area contributed by atoms with Crippen molar-refractivity contribution in [2.75, 3.05) is 0 Å². The summed E-state index contributed by atoms with van der Waals surface area (Å²) in [5.74, 6) is 0. The molecular formula is C11H12N2O. The molecule has 2 aromatic rings. The topological polar surface area (TPSA) is 52.0 Å². The van der Waals surface area contributed by atoms with Crippen molar-refractivity contribution in [2.45, 2.75) is 24.8 Å². The molecule has 2 N–H and O–H groups in total. The highest BCUT2D eigenvalue weighted by Crippen LogP contribution is 2.37. The van der Waals surface area contributed by atoms with E-state index in [1.807, 2.05) is 12.1 Å². The van der Waals surface area contributed by atoms with Gasteiger partial charge in [-0.15, -0.1) is 0 Å². The number of aromatic nitrogens is 1. The van der Waals surface area contributed by atoms with Crippen LogP contribution < -0.4 is 5.73 Å². The second-order valence-electron chi connectivity index (χ2n) is 4.19. The van der Waals surface area contributed by atoms with E-state index in [4.69, 9.17) is 10.3 Å². The third kappa shape index (κ3) is 1.21. The smallest absolute Gasteiger partial charge is 0.167 e. The maximum absolute atomic E-state index is 6.09. The molecule has 1 aliphatic carbocycles. The molecule has 14 heavy (non-hydrogen) atoms. The van der Waals surface area contributed by atoms with Gasteiger partial charge in [0, 0.05) is 10.9 Å². The van der Waals surface area contributed by atoms with Crippen LogP contribution in [0.4, 0.5) is 0 Å². The molecule has 0 saturated heterocycles. The van der Waals surface area contributed by atoms with Crippen LogP contribution in [0.2, 0.25) is 0 Å². The van der Waals surface area contributed by atoms with Gasteiger partial charge in [-0.1, -0.05) is 17.3 Å². The van der Waals surface area contributed by atoms with Crippen LogP contribution in [0.15, 0.2) is 28.9 Å². The number of hydrogen-bond donors (Lipinski definition) is 1. The second kappa shape index (κ2) is 2.58. The monoisotopic (exact) mass is 188 g/mol. The van der Waals surface area contributed by atoms with Gasteiger partial charge < -0.3 is 10.3 Å². The van der Waals surface area contributed by atoms with E-state index < -0.39 is 0 Å². The minimum atomic E-state index is 0.0472. The fourth-order valence-electron chi connectivity index (χ4n) is 1.82. The van der Waals surface area contributed by atoms with Crippen molar-refractivity contribution in [3.05, 3.63) is 30.0 Å². The van der Waals surface area contributed by atoms with Crippen molar-refractivity contribution < 1.29 is 4.52 Å². The average molecular weight is 188 g/mol. The Kier molecular flexibility index (Phi) is 1.47. The molecule has 3 nitrogen and oxygen atoms in total. The van der Waals surface area contributed by atoms with Crippen LogP contribution in [0.1, 0.15) is 18.4 Å². The molecule has 1 aliphatic rings. The zero-order chi connectivity index (χ0) is 9.60. The lowest BCUT2D eigenvalue weighted by Gasteiger charge is -2.08. The quantitative estimate of drug-likeness (QED) is 0.782. The van der Waals surface area contributed by atoms with Crippen LogP contribution in [-0.2, 0) is 6.42 Å². The van der Waals surface area contributed by atoms with Gasteiger partial charge in [-0.25, -0.2) is 0 Å². The zero-order valence-corrected chi connectivity index (χ0v) is 7.86. The first-order chi connectivity index (χ1) is 6.77. The molecule has 0 aliphatic heterocycles. The molecule has 1 saturated carbocycles. The number of hydrogen-bond acceptors (Lipinski definition) is 3. The SMILES string of the molecule is NC1(Cc2cccc3oncc23)CC1. The van der Waals surface area contributed by atoms with Crippen LogP contribution in [0.25, 0.3) is 11.0 Å². The summed E-state index contributed by atoms with van der Waals surface area (Å²) in [4.78, 5) is 0. The zero-order valence-electron chi connectivity index (χ0n) is 7.86. The van der Waals surface area contributed by atoms with Gasteiger partial charge in [0.15, 0.2) is 5.58 Å². The summed E-state index contributed by atoms with van der Waals surface area (Å²) in [5.41, 5.74) is 8.24. The van der Waals surface area contributed by atoms with Gasteiger partial charge in [-0.3, -0.25) is 0 Å². The fraction of sp³-hybridized carbons (Fsp3) is 0.364. The van der Waals surface area contributed by atoms with E-state index in [1.165, 1.54) is 5.56 Å². The van der Waals surface area contributed by atoms with E-state index in [-0.39, 0.29) is 5.54 Å². The van der Waals surface area contributed by atoms with Gasteiger partial charge in [0.1, 0.15) is 0 Å². The van der Waals surface area contributed by atoms with Crippen LogP contribution >= 0.6 is 0 Å². The predicted octanol–water partition coefficient (Wildman–Crippen LogP) is 1.86. The molecule has 0 amide bonds. The van der Waals surface area contributed by atoms with E-state index in [1.54, 1.807) is 6.20 Å². The van der Waals surface area contributed by atoms with Gasteiger partial charge in [0.05, 0.1) is 6.20 Å². The Balaban J connectivity index is 2.06. The molecule has 0 atom stereocenters. The first-order valence-electron chi connectivity index (χ1n) is 4.88. The average Bonchev–Trinajstić information content (AvgIpc) is 2.73. The van der Waals surface area contributed by atoms with E-state index in [0.717, 1.165) is 30.2 Å². The van der Waals surface area contributed by atoms with Crippen molar-refractivity contribution in [3.8, 4) is 0 Å². The van der Waals surface area contributed by atoms with Gasteiger partial charge in [-0.2, -0.15) is 0 Å². The molecule has 72 valence electrons. The maximum atomic E-state index is 6.09. The lowest BCUT2D eigenvalue weighted by atomic mass is 10.0. The molecule has 3 rings (SSSR count). The molecule has 1 aromatic carbocycles. The Morgan fingerprint density at radius 2 is 2.29 bits per heavy atom. The predicted molar refractivity (Wildman–Crippen MR) is 53.9 cm³/mol. The lowest BCUT2D eigenvalue weighted by Crippen LogP contribution is -2.24. The molecule has 1 aromatic heterocycles. The Bertz CT molecular complexity index is 471. The highest BCUT2D eigenvalue weighted by molar-refractivity contribution is 5.79. The second-order valence-corrected chi connectivity index (χ2v) is 4.19. The number of benzene rings is 1. The van der Waals surface area contributed by atoms with E-state index in [0.29, 0.717) is 0 Å². The Hall–Kier alpha value is -1.35. The number of nitrogens with zero attached hydrogens (tertiary/aromatic N) is 1. The number of rotatable bonds is 2. The van der Waals surface area contributed by atoms with Crippen molar-refractivity contribution in [1.82, 2.24) is 5.16 Å². The lowest BCUT2D eigenvalue weighted by molar-refractivity contribution is 0.456. The first kappa shape index (κ1) is 8.00.